The Morgan fingerprint density at radius 1 is 1.14 bits per heavy atom. The van der Waals surface area contributed by atoms with Crippen LogP contribution >= 0.6 is 0 Å². The Bertz CT molecular complexity index is 1270. The molecule has 11 heteroatoms. The second-order valence-electron chi connectivity index (χ2n) is 11.5. The number of hydrogen-bond donors (Lipinski definition) is 5. The van der Waals surface area contributed by atoms with Gasteiger partial charge < -0.3 is 31.5 Å². The van der Waals surface area contributed by atoms with Gasteiger partial charge in [-0.15, -0.1) is 0 Å². The Morgan fingerprint density at radius 3 is 2.57 bits per heavy atom. The molecule has 42 heavy (non-hydrogen) atoms. The van der Waals surface area contributed by atoms with Gasteiger partial charge in [0.2, 0.25) is 17.7 Å². The number of anilines is 1. The normalized spacial score (nSPS) is 21.1. The Morgan fingerprint density at radius 2 is 1.88 bits per heavy atom. The van der Waals surface area contributed by atoms with Gasteiger partial charge in [0.1, 0.15) is 11.7 Å². The first kappa shape index (κ1) is 31.1. The fourth-order valence-corrected chi connectivity index (χ4v) is 5.89. The van der Waals surface area contributed by atoms with Crippen molar-refractivity contribution < 1.29 is 14.4 Å². The Labute approximate surface area is 248 Å². The average molecular weight is 577 g/mol. The van der Waals surface area contributed by atoms with E-state index in [0.717, 1.165) is 36.3 Å². The van der Waals surface area contributed by atoms with Crippen LogP contribution in [0.25, 0.3) is 0 Å². The van der Waals surface area contributed by atoms with Crippen LogP contribution in [-0.2, 0) is 27.3 Å². The van der Waals surface area contributed by atoms with Crippen molar-refractivity contribution in [1.82, 2.24) is 20.4 Å². The smallest absolute Gasteiger partial charge is 0.243 e. The summed E-state index contributed by atoms with van der Waals surface area (Å²) < 4.78 is 0. The predicted molar refractivity (Wildman–Crippen MR) is 162 cm³/mol. The van der Waals surface area contributed by atoms with Crippen LogP contribution in [0.3, 0.4) is 0 Å². The minimum atomic E-state index is -0.865. The van der Waals surface area contributed by atoms with E-state index in [2.05, 4.69) is 45.3 Å². The highest BCUT2D eigenvalue weighted by atomic mass is 16.2. The third kappa shape index (κ3) is 7.71. The molecule has 2 aromatic rings. The molecule has 2 fully saturated rings. The van der Waals surface area contributed by atoms with E-state index < -0.39 is 12.1 Å². The van der Waals surface area contributed by atoms with Gasteiger partial charge in [-0.25, -0.2) is 5.53 Å². The summed E-state index contributed by atoms with van der Waals surface area (Å²) in [7, 11) is 1.76. The molecule has 0 spiro atoms. The SMILES string of the molecule is CNc1ccc(CNC(=O)[C@@H]2C[C@@H](Cc3ccc(C)cc3)CN2C(=O)[C@H](N)CCC(=O)N2CCNC[C@H]2C)cc1N=N. The number of piperazine rings is 1. The highest BCUT2D eigenvalue weighted by Gasteiger charge is 2.41. The standard InChI is InChI=1S/C31H44N8O3/c1-20-4-6-22(7-5-20)14-24-16-28(30(41)36-18-23-8-10-26(34-3)27(15-23)37-33)39(19-24)31(42)25(32)9-11-29(40)38-13-12-35-17-21(38)2/h4-8,10,15,21,24-25,28,33-35H,9,11-14,16-19,32H2,1-3H3,(H,36,41)/t21-,24-,25-,28+/m1/s1. The number of benzene rings is 2. The first-order chi connectivity index (χ1) is 20.2. The Hall–Kier alpha value is -3.83. The van der Waals surface area contributed by atoms with Gasteiger partial charge in [-0.1, -0.05) is 35.9 Å². The number of aryl methyl sites for hydroxylation is 1. The zero-order valence-corrected chi connectivity index (χ0v) is 24.9. The number of rotatable bonds is 11. The van der Waals surface area contributed by atoms with Crippen molar-refractivity contribution in [3.63, 3.8) is 0 Å². The lowest BCUT2D eigenvalue weighted by molar-refractivity contribution is -0.140. The lowest BCUT2D eigenvalue weighted by atomic mass is 9.96. The van der Waals surface area contributed by atoms with Gasteiger partial charge in [0.25, 0.3) is 0 Å². The molecule has 0 saturated carbocycles. The molecular formula is C31H44N8O3. The highest BCUT2D eigenvalue weighted by Crippen LogP contribution is 2.29. The molecule has 0 unspecified atom stereocenters. The average Bonchev–Trinajstić information content (AvgIpc) is 3.43. The number of nitrogens with one attached hydrogen (secondary N) is 4. The van der Waals surface area contributed by atoms with E-state index in [4.69, 9.17) is 11.3 Å². The first-order valence-electron chi connectivity index (χ1n) is 14.8. The molecule has 0 aromatic heterocycles. The van der Waals surface area contributed by atoms with Gasteiger partial charge in [0.15, 0.2) is 0 Å². The largest absolute Gasteiger partial charge is 0.386 e. The van der Waals surface area contributed by atoms with Crippen molar-refractivity contribution in [2.24, 2.45) is 16.8 Å². The molecule has 2 saturated heterocycles. The van der Waals surface area contributed by atoms with Crippen molar-refractivity contribution in [3.8, 4) is 0 Å². The van der Waals surface area contributed by atoms with Crippen LogP contribution in [0.15, 0.2) is 47.6 Å². The molecule has 4 rings (SSSR count). The Kier molecular flexibility index (Phi) is 10.6. The minimum Gasteiger partial charge on any atom is -0.386 e. The van der Waals surface area contributed by atoms with E-state index in [9.17, 15) is 14.4 Å². The second-order valence-corrected chi connectivity index (χ2v) is 11.5. The Balaban J connectivity index is 1.43. The molecule has 0 bridgehead atoms. The van der Waals surface area contributed by atoms with Crippen molar-refractivity contribution in [2.75, 3.05) is 38.5 Å². The maximum absolute atomic E-state index is 13.6. The summed E-state index contributed by atoms with van der Waals surface area (Å²) in [6, 6.07) is 12.3. The van der Waals surface area contributed by atoms with Crippen LogP contribution in [-0.4, -0.2) is 78.9 Å². The monoisotopic (exact) mass is 576 g/mol. The first-order valence-corrected chi connectivity index (χ1v) is 14.8. The fourth-order valence-electron chi connectivity index (χ4n) is 5.89. The topological polar surface area (TPSA) is 156 Å². The van der Waals surface area contributed by atoms with E-state index >= 15 is 0 Å². The predicted octanol–water partition coefficient (Wildman–Crippen LogP) is 2.70. The summed E-state index contributed by atoms with van der Waals surface area (Å²) in [4.78, 5) is 43.4. The third-order valence-electron chi connectivity index (χ3n) is 8.35. The van der Waals surface area contributed by atoms with Gasteiger partial charge in [-0.05, 0) is 62.3 Å². The highest BCUT2D eigenvalue weighted by molar-refractivity contribution is 5.90. The van der Waals surface area contributed by atoms with Gasteiger partial charge in [-0.2, -0.15) is 5.11 Å². The summed E-state index contributed by atoms with van der Waals surface area (Å²) in [6.07, 6.45) is 1.71. The summed E-state index contributed by atoms with van der Waals surface area (Å²) in [6.45, 7) is 6.88. The van der Waals surface area contributed by atoms with Crippen molar-refractivity contribution in [2.45, 2.75) is 64.2 Å². The van der Waals surface area contributed by atoms with Crippen LogP contribution in [0.2, 0.25) is 0 Å². The maximum atomic E-state index is 13.6. The van der Waals surface area contributed by atoms with Crippen LogP contribution in [0.5, 0.6) is 0 Å². The van der Waals surface area contributed by atoms with E-state index in [-0.39, 0.29) is 49.1 Å². The number of carbonyl (C=O) groups is 3. The van der Waals surface area contributed by atoms with E-state index in [1.165, 1.54) is 5.56 Å². The van der Waals surface area contributed by atoms with Gasteiger partial charge in [0, 0.05) is 52.2 Å². The molecular weight excluding hydrogens is 532 g/mol. The van der Waals surface area contributed by atoms with Gasteiger partial charge in [-0.3, -0.25) is 14.4 Å². The maximum Gasteiger partial charge on any atom is 0.243 e. The van der Waals surface area contributed by atoms with Crippen molar-refractivity contribution in [3.05, 3.63) is 59.2 Å². The van der Waals surface area contributed by atoms with Crippen LogP contribution in [0, 0.1) is 18.4 Å². The van der Waals surface area contributed by atoms with Crippen molar-refractivity contribution >= 4 is 29.1 Å². The number of nitrogens with zero attached hydrogens (tertiary/aromatic N) is 3. The summed E-state index contributed by atoms with van der Waals surface area (Å²) in [5, 5.41) is 12.8. The lowest BCUT2D eigenvalue weighted by Crippen LogP contribution is -2.53. The molecule has 4 atom stereocenters. The quantitative estimate of drug-likeness (QED) is 0.259. The molecule has 11 nitrogen and oxygen atoms in total. The van der Waals surface area contributed by atoms with Crippen LogP contribution in [0.4, 0.5) is 11.4 Å². The molecule has 0 radical (unpaired) electrons. The second kappa shape index (κ2) is 14.4. The lowest BCUT2D eigenvalue weighted by Gasteiger charge is -2.34. The van der Waals surface area contributed by atoms with Crippen LogP contribution < -0.4 is 21.7 Å². The van der Waals surface area contributed by atoms with E-state index in [0.29, 0.717) is 25.2 Å². The molecule has 2 heterocycles. The fraction of sp³-hybridized carbons (Fsp3) is 0.516. The van der Waals surface area contributed by atoms with Crippen LogP contribution in [0.1, 0.15) is 42.9 Å². The number of carbonyl (C=O) groups excluding carboxylic acids is 3. The molecule has 2 aliphatic rings. The molecule has 0 aliphatic carbocycles. The number of amides is 3. The summed E-state index contributed by atoms with van der Waals surface area (Å²) >= 11 is 0. The summed E-state index contributed by atoms with van der Waals surface area (Å²) in [5.74, 6) is -0.430. The molecule has 2 aromatic carbocycles. The minimum absolute atomic E-state index is 0.00304. The molecule has 226 valence electrons. The third-order valence-corrected chi connectivity index (χ3v) is 8.35. The van der Waals surface area contributed by atoms with E-state index in [1.807, 2.05) is 30.9 Å². The number of hydrogen-bond acceptors (Lipinski definition) is 8. The van der Waals surface area contributed by atoms with E-state index in [1.54, 1.807) is 18.0 Å². The molecule has 3 amide bonds. The molecule has 2 aliphatic heterocycles. The number of likely N-dealkylation sites (tertiary alicyclic amines) is 1. The van der Waals surface area contributed by atoms with Crippen molar-refractivity contribution in [1.29, 1.82) is 5.53 Å². The number of nitrogens with two attached hydrogens (primary N) is 1. The summed E-state index contributed by atoms with van der Waals surface area (Å²) in [5.41, 5.74) is 18.1. The zero-order valence-electron chi connectivity index (χ0n) is 24.9. The molecule has 6 N–H and O–H groups in total. The van der Waals surface area contributed by atoms with Gasteiger partial charge >= 0.3 is 0 Å². The zero-order chi connectivity index (χ0) is 30.2. The van der Waals surface area contributed by atoms with Gasteiger partial charge in [0.05, 0.1) is 11.7 Å².